The van der Waals surface area contributed by atoms with Crippen molar-refractivity contribution < 1.29 is 0 Å². The minimum atomic E-state index is 1.13. The molecule has 0 aromatic rings. The molecule has 60 valence electrons. The summed E-state index contributed by atoms with van der Waals surface area (Å²) in [6, 6.07) is 0. The molecule has 0 fully saturated rings. The molecule has 0 rings (SSSR count). The first-order valence-corrected chi connectivity index (χ1v) is 3.60. The Morgan fingerprint density at radius 3 is 2.10 bits per heavy atom. The zero-order valence-electron chi connectivity index (χ0n) is 7.46. The summed E-state index contributed by atoms with van der Waals surface area (Å²) in [6.45, 7) is 1.13. The quantitative estimate of drug-likeness (QED) is 0.578. The van der Waals surface area contributed by atoms with E-state index in [9.17, 15) is 0 Å². The van der Waals surface area contributed by atoms with E-state index >= 15 is 0 Å². The van der Waals surface area contributed by atoms with Crippen LogP contribution in [0.4, 0.5) is 0 Å². The highest BCUT2D eigenvalue weighted by Gasteiger charge is 1.84. The van der Waals surface area contributed by atoms with Crippen molar-refractivity contribution in [3.8, 4) is 0 Å². The zero-order valence-corrected chi connectivity index (χ0v) is 7.46. The van der Waals surface area contributed by atoms with Crippen LogP contribution >= 0.6 is 0 Å². The fourth-order valence-electron chi connectivity index (χ4n) is 0.618. The second kappa shape index (κ2) is 5.30. The van der Waals surface area contributed by atoms with Gasteiger partial charge >= 0.3 is 0 Å². The summed E-state index contributed by atoms with van der Waals surface area (Å²) in [5.41, 5.74) is 0. The van der Waals surface area contributed by atoms with E-state index in [4.69, 9.17) is 0 Å². The van der Waals surface area contributed by atoms with Crippen LogP contribution in [0.1, 0.15) is 6.42 Å². The van der Waals surface area contributed by atoms with Gasteiger partial charge in [0.2, 0.25) is 0 Å². The average molecular weight is 142 g/mol. The van der Waals surface area contributed by atoms with Gasteiger partial charge in [-0.25, -0.2) is 0 Å². The van der Waals surface area contributed by atoms with Crippen molar-refractivity contribution in [3.63, 3.8) is 0 Å². The molecule has 0 unspecified atom stereocenters. The molecule has 0 aromatic carbocycles. The minimum Gasteiger partial charge on any atom is -0.384 e. The molecule has 2 nitrogen and oxygen atoms in total. The Bertz CT molecular complexity index is 95.4. The van der Waals surface area contributed by atoms with Gasteiger partial charge in [0, 0.05) is 20.6 Å². The van der Waals surface area contributed by atoms with Crippen LogP contribution in [0.3, 0.4) is 0 Å². The van der Waals surface area contributed by atoms with Crippen LogP contribution in [-0.4, -0.2) is 44.5 Å². The van der Waals surface area contributed by atoms with Gasteiger partial charge in [-0.05, 0) is 26.7 Å². The highest BCUT2D eigenvalue weighted by atomic mass is 15.0. The molecule has 0 aliphatic carbocycles. The summed E-state index contributed by atoms with van der Waals surface area (Å²) < 4.78 is 0. The number of rotatable bonds is 4. The van der Waals surface area contributed by atoms with Gasteiger partial charge in [-0.15, -0.1) is 0 Å². The molecule has 0 heterocycles. The Morgan fingerprint density at radius 1 is 1.10 bits per heavy atom. The van der Waals surface area contributed by atoms with E-state index in [-0.39, 0.29) is 0 Å². The molecule has 0 amide bonds. The second-order valence-electron chi connectivity index (χ2n) is 2.94. The SMILES string of the molecule is CN(C)C=CCCN(C)C. The van der Waals surface area contributed by atoms with Gasteiger partial charge in [-0.3, -0.25) is 0 Å². The fraction of sp³-hybridized carbons (Fsp3) is 0.750. The van der Waals surface area contributed by atoms with Gasteiger partial charge in [0.25, 0.3) is 0 Å². The number of hydrogen-bond donors (Lipinski definition) is 0. The molecule has 0 N–H and O–H groups in total. The van der Waals surface area contributed by atoms with Crippen LogP contribution in [0.5, 0.6) is 0 Å². The first kappa shape index (κ1) is 9.50. The molecule has 0 spiro atoms. The maximum absolute atomic E-state index is 2.18. The molecular formula is C8H18N2. The van der Waals surface area contributed by atoms with E-state index in [1.54, 1.807) is 0 Å². The van der Waals surface area contributed by atoms with Gasteiger partial charge in [0.05, 0.1) is 0 Å². The lowest BCUT2D eigenvalue weighted by Gasteiger charge is -2.07. The van der Waals surface area contributed by atoms with Crippen molar-refractivity contribution in [1.82, 2.24) is 9.80 Å². The van der Waals surface area contributed by atoms with Gasteiger partial charge < -0.3 is 9.80 Å². The van der Waals surface area contributed by atoms with Crippen molar-refractivity contribution in [2.45, 2.75) is 6.42 Å². The third-order valence-electron chi connectivity index (χ3n) is 1.15. The first-order chi connectivity index (χ1) is 4.63. The summed E-state index contributed by atoms with van der Waals surface area (Å²) >= 11 is 0. The predicted molar refractivity (Wildman–Crippen MR) is 46.0 cm³/mol. The van der Waals surface area contributed by atoms with Crippen molar-refractivity contribution in [2.24, 2.45) is 0 Å². The molecule has 0 aromatic heterocycles. The van der Waals surface area contributed by atoms with Crippen molar-refractivity contribution in [2.75, 3.05) is 34.7 Å². The lowest BCUT2D eigenvalue weighted by molar-refractivity contribution is 0.416. The molecule has 0 aliphatic heterocycles. The largest absolute Gasteiger partial charge is 0.384 e. The standard InChI is InChI=1S/C8H18N2/c1-9(2)7-5-6-8-10(3)4/h5,7H,6,8H2,1-4H3. The second-order valence-corrected chi connectivity index (χ2v) is 2.94. The van der Waals surface area contributed by atoms with Crippen LogP contribution in [-0.2, 0) is 0 Å². The van der Waals surface area contributed by atoms with E-state index in [2.05, 4.69) is 36.2 Å². The lowest BCUT2D eigenvalue weighted by Crippen LogP contribution is -2.12. The maximum Gasteiger partial charge on any atom is 0.00555 e. The Labute approximate surface area is 64.1 Å². The van der Waals surface area contributed by atoms with Crippen molar-refractivity contribution >= 4 is 0 Å². The number of nitrogens with zero attached hydrogens (tertiary/aromatic N) is 2. The highest BCUT2D eigenvalue weighted by Crippen LogP contribution is 1.86. The third-order valence-corrected chi connectivity index (χ3v) is 1.15. The molecule has 0 bridgehead atoms. The summed E-state index contributed by atoms with van der Waals surface area (Å²) in [6.07, 6.45) is 5.40. The average Bonchev–Trinajstić information content (AvgIpc) is 1.79. The van der Waals surface area contributed by atoms with Crippen LogP contribution in [0, 0.1) is 0 Å². The predicted octanol–water partition coefficient (Wildman–Crippen LogP) is 1.01. The molecule has 0 atom stereocenters. The van der Waals surface area contributed by atoms with Gasteiger partial charge in [-0.2, -0.15) is 0 Å². The highest BCUT2D eigenvalue weighted by molar-refractivity contribution is 4.79. The number of hydrogen-bond acceptors (Lipinski definition) is 2. The summed E-state index contributed by atoms with van der Waals surface area (Å²) in [4.78, 5) is 4.23. The first-order valence-electron chi connectivity index (χ1n) is 3.60. The van der Waals surface area contributed by atoms with Crippen LogP contribution < -0.4 is 0 Å². The van der Waals surface area contributed by atoms with E-state index in [1.807, 2.05) is 14.1 Å². The fourth-order valence-corrected chi connectivity index (χ4v) is 0.618. The lowest BCUT2D eigenvalue weighted by atomic mass is 10.4. The Kier molecular flexibility index (Phi) is 5.03. The van der Waals surface area contributed by atoms with Crippen molar-refractivity contribution in [3.05, 3.63) is 12.3 Å². The third kappa shape index (κ3) is 7.50. The Balaban J connectivity index is 3.19. The maximum atomic E-state index is 2.18. The molecule has 0 aliphatic rings. The van der Waals surface area contributed by atoms with E-state index in [0.717, 1.165) is 13.0 Å². The van der Waals surface area contributed by atoms with Gasteiger partial charge in [0.15, 0.2) is 0 Å². The molecule has 0 radical (unpaired) electrons. The van der Waals surface area contributed by atoms with E-state index in [0.29, 0.717) is 0 Å². The molecule has 2 heteroatoms. The van der Waals surface area contributed by atoms with Crippen LogP contribution in [0.15, 0.2) is 12.3 Å². The Hall–Kier alpha value is -0.500. The van der Waals surface area contributed by atoms with Crippen molar-refractivity contribution in [1.29, 1.82) is 0 Å². The topological polar surface area (TPSA) is 6.48 Å². The van der Waals surface area contributed by atoms with E-state index < -0.39 is 0 Å². The van der Waals surface area contributed by atoms with Gasteiger partial charge in [-0.1, -0.05) is 6.08 Å². The summed E-state index contributed by atoms with van der Waals surface area (Å²) in [5.74, 6) is 0. The monoisotopic (exact) mass is 142 g/mol. The molecular weight excluding hydrogens is 124 g/mol. The van der Waals surface area contributed by atoms with E-state index in [1.165, 1.54) is 0 Å². The minimum absolute atomic E-state index is 1.13. The zero-order chi connectivity index (χ0) is 7.98. The smallest absolute Gasteiger partial charge is 0.00555 e. The van der Waals surface area contributed by atoms with Gasteiger partial charge in [0.1, 0.15) is 0 Å². The summed E-state index contributed by atoms with van der Waals surface area (Å²) in [7, 11) is 8.24. The molecule has 0 saturated heterocycles. The Morgan fingerprint density at radius 2 is 1.70 bits per heavy atom. The molecule has 10 heavy (non-hydrogen) atoms. The molecule has 0 saturated carbocycles. The van der Waals surface area contributed by atoms with Crippen LogP contribution in [0.2, 0.25) is 0 Å². The van der Waals surface area contributed by atoms with Crippen LogP contribution in [0.25, 0.3) is 0 Å². The summed E-state index contributed by atoms with van der Waals surface area (Å²) in [5, 5.41) is 0. The normalized spacial score (nSPS) is 11.3.